The zero-order valence-electron chi connectivity index (χ0n) is 15.8. The Labute approximate surface area is 158 Å². The fourth-order valence-corrected chi connectivity index (χ4v) is 3.90. The van der Waals surface area contributed by atoms with E-state index in [2.05, 4.69) is 0 Å². The van der Waals surface area contributed by atoms with Crippen molar-refractivity contribution in [3.63, 3.8) is 0 Å². The van der Waals surface area contributed by atoms with Crippen molar-refractivity contribution >= 4 is 23.5 Å². The molecule has 1 N–H and O–H groups in total. The van der Waals surface area contributed by atoms with Gasteiger partial charge in [-0.1, -0.05) is 12.1 Å². The van der Waals surface area contributed by atoms with Crippen molar-refractivity contribution in [3.05, 3.63) is 29.3 Å². The molecule has 2 amide bonds. The van der Waals surface area contributed by atoms with Gasteiger partial charge in [0.1, 0.15) is 6.54 Å². The third-order valence-electron chi connectivity index (χ3n) is 5.56. The predicted octanol–water partition coefficient (Wildman–Crippen LogP) is 1.75. The number of ether oxygens (including phenoxy) is 1. The lowest BCUT2D eigenvalue weighted by atomic mass is 10.0. The highest BCUT2D eigenvalue weighted by atomic mass is 16.5. The van der Waals surface area contributed by atoms with Crippen molar-refractivity contribution in [2.45, 2.75) is 39.2 Å². The first-order chi connectivity index (χ1) is 12.9. The summed E-state index contributed by atoms with van der Waals surface area (Å²) >= 11 is 0. The SMILES string of the molecule is Cc1cccc(N2C[C@H](C(=O)N(CC(=O)O)C3CCOCC3)CC2=O)c1C. The molecule has 0 aromatic heterocycles. The van der Waals surface area contributed by atoms with Crippen LogP contribution in [0.5, 0.6) is 0 Å². The maximum atomic E-state index is 13.1. The number of anilines is 1. The topological polar surface area (TPSA) is 87.2 Å². The van der Waals surface area contributed by atoms with Crippen molar-refractivity contribution < 1.29 is 24.2 Å². The number of carbonyl (C=O) groups excluding carboxylic acids is 2. The van der Waals surface area contributed by atoms with E-state index in [1.54, 1.807) is 4.90 Å². The summed E-state index contributed by atoms with van der Waals surface area (Å²) < 4.78 is 5.33. The molecule has 0 radical (unpaired) electrons. The Morgan fingerprint density at radius 2 is 1.96 bits per heavy atom. The number of benzene rings is 1. The van der Waals surface area contributed by atoms with Crippen LogP contribution >= 0.6 is 0 Å². The Balaban J connectivity index is 1.78. The normalized spacial score (nSPS) is 20.7. The minimum Gasteiger partial charge on any atom is -0.480 e. The Kier molecular flexibility index (Phi) is 5.79. The molecule has 7 heteroatoms. The number of nitrogens with zero attached hydrogens (tertiary/aromatic N) is 2. The van der Waals surface area contributed by atoms with E-state index in [-0.39, 0.29) is 30.8 Å². The molecule has 0 saturated carbocycles. The van der Waals surface area contributed by atoms with Crippen LogP contribution in [-0.2, 0) is 19.1 Å². The first kappa shape index (κ1) is 19.4. The maximum Gasteiger partial charge on any atom is 0.323 e. The van der Waals surface area contributed by atoms with Crippen LogP contribution in [0.25, 0.3) is 0 Å². The van der Waals surface area contributed by atoms with E-state index in [1.165, 1.54) is 4.90 Å². The number of carboxylic acid groups (broad SMARTS) is 1. The molecule has 146 valence electrons. The Morgan fingerprint density at radius 1 is 1.26 bits per heavy atom. The summed E-state index contributed by atoms with van der Waals surface area (Å²) in [7, 11) is 0. The summed E-state index contributed by atoms with van der Waals surface area (Å²) in [6, 6.07) is 5.63. The molecule has 7 nitrogen and oxygen atoms in total. The molecule has 27 heavy (non-hydrogen) atoms. The average molecular weight is 374 g/mol. The number of carboxylic acids is 1. The third-order valence-corrected chi connectivity index (χ3v) is 5.56. The van der Waals surface area contributed by atoms with Crippen LogP contribution < -0.4 is 4.90 Å². The summed E-state index contributed by atoms with van der Waals surface area (Å²) in [5, 5.41) is 9.25. The predicted molar refractivity (Wildman–Crippen MR) is 99.6 cm³/mol. The lowest BCUT2D eigenvalue weighted by molar-refractivity contribution is -0.149. The molecule has 0 bridgehead atoms. The van der Waals surface area contributed by atoms with Gasteiger partial charge in [0.05, 0.1) is 5.92 Å². The van der Waals surface area contributed by atoms with Gasteiger partial charge in [0.25, 0.3) is 0 Å². The monoisotopic (exact) mass is 374 g/mol. The van der Waals surface area contributed by atoms with E-state index in [1.807, 2.05) is 32.0 Å². The highest BCUT2D eigenvalue weighted by Gasteiger charge is 2.40. The number of aryl methyl sites for hydroxylation is 1. The number of amides is 2. The van der Waals surface area contributed by atoms with Crippen LogP contribution in [0.4, 0.5) is 5.69 Å². The molecule has 1 atom stereocenters. The highest BCUT2D eigenvalue weighted by molar-refractivity contribution is 6.01. The molecule has 0 unspecified atom stereocenters. The number of hydrogen-bond donors (Lipinski definition) is 1. The Hall–Kier alpha value is -2.41. The first-order valence-corrected chi connectivity index (χ1v) is 9.35. The fourth-order valence-electron chi connectivity index (χ4n) is 3.90. The molecule has 2 saturated heterocycles. The minimum atomic E-state index is -1.04. The molecule has 1 aromatic rings. The fraction of sp³-hybridized carbons (Fsp3) is 0.550. The molecule has 0 aliphatic carbocycles. The van der Waals surface area contributed by atoms with Crippen molar-refractivity contribution in [2.24, 2.45) is 5.92 Å². The van der Waals surface area contributed by atoms with Gasteiger partial charge in [-0.05, 0) is 43.9 Å². The molecule has 1 aromatic carbocycles. The molecular formula is C20H26N2O5. The van der Waals surface area contributed by atoms with E-state index < -0.39 is 11.9 Å². The summed E-state index contributed by atoms with van der Waals surface area (Å²) in [4.78, 5) is 40.1. The summed E-state index contributed by atoms with van der Waals surface area (Å²) in [5.74, 6) is -1.89. The molecule has 0 spiro atoms. The van der Waals surface area contributed by atoms with E-state index >= 15 is 0 Å². The second kappa shape index (κ2) is 8.08. The van der Waals surface area contributed by atoms with E-state index in [0.717, 1.165) is 16.8 Å². The largest absolute Gasteiger partial charge is 0.480 e. The quantitative estimate of drug-likeness (QED) is 0.848. The third kappa shape index (κ3) is 4.13. The van der Waals surface area contributed by atoms with Crippen LogP contribution in [0, 0.1) is 19.8 Å². The van der Waals surface area contributed by atoms with Crippen molar-refractivity contribution in [3.8, 4) is 0 Å². The lowest BCUT2D eigenvalue weighted by Gasteiger charge is -2.34. The molecule has 3 rings (SSSR count). The number of hydrogen-bond acceptors (Lipinski definition) is 4. The molecule has 2 fully saturated rings. The van der Waals surface area contributed by atoms with Crippen molar-refractivity contribution in [1.29, 1.82) is 0 Å². The number of aliphatic carboxylic acids is 1. The summed E-state index contributed by atoms with van der Waals surface area (Å²) in [6.07, 6.45) is 1.37. The smallest absolute Gasteiger partial charge is 0.323 e. The molecule has 2 heterocycles. The van der Waals surface area contributed by atoms with Crippen molar-refractivity contribution in [1.82, 2.24) is 4.90 Å². The zero-order valence-corrected chi connectivity index (χ0v) is 15.8. The van der Waals surface area contributed by atoms with Crippen LogP contribution in [0.1, 0.15) is 30.4 Å². The standard InChI is InChI=1S/C20H26N2O5/c1-13-4-3-5-17(14(13)2)22-11-15(10-18(22)23)20(26)21(12-19(24)25)16-6-8-27-9-7-16/h3-5,15-16H,6-12H2,1-2H3,(H,24,25)/t15-/m1/s1. The molecule has 2 aliphatic heterocycles. The van der Waals surface area contributed by atoms with Crippen molar-refractivity contribution in [2.75, 3.05) is 31.2 Å². The van der Waals surface area contributed by atoms with E-state index in [0.29, 0.717) is 32.6 Å². The van der Waals surface area contributed by atoms with Crippen LogP contribution in [-0.4, -0.2) is 60.1 Å². The van der Waals surface area contributed by atoms with E-state index in [9.17, 15) is 19.5 Å². The van der Waals surface area contributed by atoms with Gasteiger partial charge < -0.3 is 19.6 Å². The zero-order chi connectivity index (χ0) is 19.6. The summed E-state index contributed by atoms with van der Waals surface area (Å²) in [5.41, 5.74) is 2.93. The first-order valence-electron chi connectivity index (χ1n) is 9.35. The van der Waals surface area contributed by atoms with Crippen LogP contribution in [0.2, 0.25) is 0 Å². The second-order valence-electron chi connectivity index (χ2n) is 7.33. The molecule has 2 aliphatic rings. The van der Waals surface area contributed by atoms with Gasteiger partial charge >= 0.3 is 5.97 Å². The van der Waals surface area contributed by atoms with Gasteiger partial charge in [-0.3, -0.25) is 14.4 Å². The van der Waals surface area contributed by atoms with E-state index in [4.69, 9.17) is 4.74 Å². The van der Waals surface area contributed by atoms with Gasteiger partial charge in [0, 0.05) is 37.9 Å². The van der Waals surface area contributed by atoms with Gasteiger partial charge in [-0.15, -0.1) is 0 Å². The second-order valence-corrected chi connectivity index (χ2v) is 7.33. The average Bonchev–Trinajstić information content (AvgIpc) is 3.03. The lowest BCUT2D eigenvalue weighted by Crippen LogP contribution is -2.48. The van der Waals surface area contributed by atoms with Gasteiger partial charge in [-0.25, -0.2) is 0 Å². The van der Waals surface area contributed by atoms with Gasteiger partial charge in [0.15, 0.2) is 0 Å². The number of rotatable bonds is 5. The highest BCUT2D eigenvalue weighted by Crippen LogP contribution is 2.31. The van der Waals surface area contributed by atoms with Crippen LogP contribution in [0.3, 0.4) is 0 Å². The summed E-state index contributed by atoms with van der Waals surface area (Å²) in [6.45, 7) is 4.95. The maximum absolute atomic E-state index is 13.1. The molecular weight excluding hydrogens is 348 g/mol. The van der Waals surface area contributed by atoms with Gasteiger partial charge in [0.2, 0.25) is 11.8 Å². The Morgan fingerprint density at radius 3 is 2.63 bits per heavy atom. The van der Waals surface area contributed by atoms with Crippen LogP contribution in [0.15, 0.2) is 18.2 Å². The Bertz CT molecular complexity index is 742. The minimum absolute atomic E-state index is 0.0932. The van der Waals surface area contributed by atoms with Gasteiger partial charge in [-0.2, -0.15) is 0 Å². The number of carbonyl (C=O) groups is 3.